The van der Waals surface area contributed by atoms with Gasteiger partial charge in [0.25, 0.3) is 5.91 Å². The molecule has 1 aromatic carbocycles. The smallest absolute Gasteiger partial charge is 0.292 e. The van der Waals surface area contributed by atoms with Gasteiger partial charge in [-0.1, -0.05) is 5.16 Å². The van der Waals surface area contributed by atoms with Crippen molar-refractivity contribution in [1.82, 2.24) is 10.1 Å². The van der Waals surface area contributed by atoms with Gasteiger partial charge >= 0.3 is 0 Å². The first kappa shape index (κ1) is 16.4. The SMILES string of the molecule is COc1ccc(OC[C@H]2CCCN(C(=O)c3cc(C)no3)C2)cc1. The number of ether oxygens (including phenoxy) is 2. The maximum Gasteiger partial charge on any atom is 0.292 e. The molecule has 6 nitrogen and oxygen atoms in total. The van der Waals surface area contributed by atoms with E-state index in [9.17, 15) is 4.79 Å². The Kier molecular flexibility index (Phi) is 5.03. The molecule has 2 heterocycles. The van der Waals surface area contributed by atoms with E-state index >= 15 is 0 Å². The van der Waals surface area contributed by atoms with Gasteiger partial charge in [-0.05, 0) is 44.0 Å². The number of piperidine rings is 1. The maximum absolute atomic E-state index is 12.4. The number of rotatable bonds is 5. The van der Waals surface area contributed by atoms with Crippen LogP contribution in [-0.2, 0) is 0 Å². The van der Waals surface area contributed by atoms with Crippen molar-refractivity contribution in [3.63, 3.8) is 0 Å². The molecule has 24 heavy (non-hydrogen) atoms. The van der Waals surface area contributed by atoms with Crippen molar-refractivity contribution >= 4 is 5.91 Å². The lowest BCUT2D eigenvalue weighted by Gasteiger charge is -2.32. The minimum atomic E-state index is -0.0928. The molecule has 0 spiro atoms. The Morgan fingerprint density at radius 2 is 2.08 bits per heavy atom. The van der Waals surface area contributed by atoms with E-state index in [4.69, 9.17) is 14.0 Å². The zero-order valence-corrected chi connectivity index (χ0v) is 14.0. The van der Waals surface area contributed by atoms with E-state index < -0.39 is 0 Å². The van der Waals surface area contributed by atoms with Crippen LogP contribution in [0.2, 0.25) is 0 Å². The number of amides is 1. The molecule has 1 amide bonds. The molecule has 0 unspecified atom stereocenters. The average molecular weight is 330 g/mol. The summed E-state index contributed by atoms with van der Waals surface area (Å²) < 4.78 is 16.1. The van der Waals surface area contributed by atoms with Crippen molar-refractivity contribution in [1.29, 1.82) is 0 Å². The monoisotopic (exact) mass is 330 g/mol. The lowest BCUT2D eigenvalue weighted by atomic mass is 9.98. The summed E-state index contributed by atoms with van der Waals surface area (Å²) in [4.78, 5) is 14.3. The van der Waals surface area contributed by atoms with Crippen molar-refractivity contribution in [2.45, 2.75) is 19.8 Å². The number of hydrogen-bond donors (Lipinski definition) is 0. The minimum absolute atomic E-state index is 0.0928. The summed E-state index contributed by atoms with van der Waals surface area (Å²) in [6, 6.07) is 9.21. The number of carbonyl (C=O) groups is 1. The molecule has 1 fully saturated rings. The average Bonchev–Trinajstić information content (AvgIpc) is 3.06. The molecule has 0 saturated carbocycles. The van der Waals surface area contributed by atoms with Crippen LogP contribution in [0.1, 0.15) is 29.1 Å². The molecule has 3 rings (SSSR count). The second-order valence-corrected chi connectivity index (χ2v) is 6.08. The Labute approximate surface area is 141 Å². The summed E-state index contributed by atoms with van der Waals surface area (Å²) in [5, 5.41) is 3.78. The normalized spacial score (nSPS) is 17.6. The number of aryl methyl sites for hydroxylation is 1. The largest absolute Gasteiger partial charge is 0.497 e. The van der Waals surface area contributed by atoms with Crippen LogP contribution in [0.5, 0.6) is 11.5 Å². The van der Waals surface area contributed by atoms with Crippen LogP contribution < -0.4 is 9.47 Å². The lowest BCUT2D eigenvalue weighted by Crippen LogP contribution is -2.41. The van der Waals surface area contributed by atoms with Gasteiger partial charge in [0.2, 0.25) is 5.76 Å². The zero-order valence-electron chi connectivity index (χ0n) is 14.0. The molecule has 1 aliphatic heterocycles. The van der Waals surface area contributed by atoms with Gasteiger partial charge in [0.05, 0.1) is 19.4 Å². The Morgan fingerprint density at radius 1 is 1.33 bits per heavy atom. The van der Waals surface area contributed by atoms with Crippen molar-refractivity contribution in [2.75, 3.05) is 26.8 Å². The third-order valence-corrected chi connectivity index (χ3v) is 4.19. The first-order valence-electron chi connectivity index (χ1n) is 8.15. The number of likely N-dealkylation sites (tertiary alicyclic amines) is 1. The third kappa shape index (κ3) is 3.88. The molecule has 0 radical (unpaired) electrons. The van der Waals surface area contributed by atoms with Gasteiger partial charge in [-0.25, -0.2) is 0 Å². The fourth-order valence-corrected chi connectivity index (χ4v) is 2.89. The quantitative estimate of drug-likeness (QED) is 0.843. The molecular weight excluding hydrogens is 308 g/mol. The highest BCUT2D eigenvalue weighted by atomic mass is 16.5. The predicted octanol–water partition coefficient (Wildman–Crippen LogP) is 2.92. The van der Waals surface area contributed by atoms with E-state index in [-0.39, 0.29) is 5.91 Å². The highest BCUT2D eigenvalue weighted by Crippen LogP contribution is 2.22. The first-order chi connectivity index (χ1) is 11.7. The number of hydrogen-bond acceptors (Lipinski definition) is 5. The van der Waals surface area contributed by atoms with Crippen LogP contribution in [-0.4, -0.2) is 42.8 Å². The molecule has 0 bridgehead atoms. The molecule has 2 aromatic rings. The summed E-state index contributed by atoms with van der Waals surface area (Å²) in [5.74, 6) is 2.15. The number of benzene rings is 1. The highest BCUT2D eigenvalue weighted by molar-refractivity contribution is 5.91. The van der Waals surface area contributed by atoms with E-state index in [2.05, 4.69) is 5.16 Å². The van der Waals surface area contributed by atoms with E-state index in [1.807, 2.05) is 36.1 Å². The first-order valence-corrected chi connectivity index (χ1v) is 8.15. The van der Waals surface area contributed by atoms with E-state index in [0.717, 1.165) is 36.6 Å². The number of aromatic nitrogens is 1. The van der Waals surface area contributed by atoms with E-state index in [1.54, 1.807) is 13.2 Å². The van der Waals surface area contributed by atoms with Crippen LogP contribution in [0.3, 0.4) is 0 Å². The van der Waals surface area contributed by atoms with Gasteiger partial charge in [0, 0.05) is 25.1 Å². The van der Waals surface area contributed by atoms with Crippen LogP contribution in [0.25, 0.3) is 0 Å². The fourth-order valence-electron chi connectivity index (χ4n) is 2.89. The summed E-state index contributed by atoms with van der Waals surface area (Å²) in [5.41, 5.74) is 0.717. The van der Waals surface area contributed by atoms with Crippen LogP contribution in [0.4, 0.5) is 0 Å². The summed E-state index contributed by atoms with van der Waals surface area (Å²) >= 11 is 0. The zero-order chi connectivity index (χ0) is 16.9. The van der Waals surface area contributed by atoms with Gasteiger partial charge in [-0.3, -0.25) is 4.79 Å². The van der Waals surface area contributed by atoms with Crippen molar-refractivity contribution in [3.05, 3.63) is 41.8 Å². The summed E-state index contributed by atoms with van der Waals surface area (Å²) in [6.07, 6.45) is 2.02. The molecule has 1 aliphatic rings. The Hall–Kier alpha value is -2.50. The number of methoxy groups -OCH3 is 1. The summed E-state index contributed by atoms with van der Waals surface area (Å²) in [7, 11) is 1.64. The molecule has 1 atom stereocenters. The van der Waals surface area contributed by atoms with Gasteiger partial charge in [-0.2, -0.15) is 0 Å². The number of nitrogens with zero attached hydrogens (tertiary/aromatic N) is 2. The van der Waals surface area contributed by atoms with Crippen LogP contribution in [0, 0.1) is 12.8 Å². The van der Waals surface area contributed by atoms with Gasteiger partial charge < -0.3 is 18.9 Å². The number of carbonyl (C=O) groups excluding carboxylic acids is 1. The molecule has 6 heteroatoms. The molecule has 1 aromatic heterocycles. The van der Waals surface area contributed by atoms with Gasteiger partial charge in [-0.15, -0.1) is 0 Å². The third-order valence-electron chi connectivity index (χ3n) is 4.19. The second-order valence-electron chi connectivity index (χ2n) is 6.08. The Morgan fingerprint density at radius 3 is 2.75 bits per heavy atom. The van der Waals surface area contributed by atoms with Crippen molar-refractivity contribution in [3.8, 4) is 11.5 Å². The fraction of sp³-hybridized carbons (Fsp3) is 0.444. The minimum Gasteiger partial charge on any atom is -0.497 e. The second kappa shape index (κ2) is 7.38. The summed E-state index contributed by atoms with van der Waals surface area (Å²) in [6.45, 7) is 3.82. The lowest BCUT2D eigenvalue weighted by molar-refractivity contribution is 0.0593. The van der Waals surface area contributed by atoms with Gasteiger partial charge in [0.15, 0.2) is 0 Å². The van der Waals surface area contributed by atoms with Crippen LogP contribution >= 0.6 is 0 Å². The molecule has 1 saturated heterocycles. The topological polar surface area (TPSA) is 64.8 Å². The van der Waals surface area contributed by atoms with Gasteiger partial charge in [0.1, 0.15) is 11.5 Å². The predicted molar refractivity (Wildman–Crippen MR) is 88.4 cm³/mol. The standard InChI is InChI=1S/C18H22N2O4/c1-13-10-17(24-19-13)18(21)20-9-3-4-14(11-20)12-23-16-7-5-15(22-2)6-8-16/h5-8,10,14H,3-4,9,11-12H2,1-2H3/t14-/m0/s1. The van der Waals surface area contributed by atoms with E-state index in [0.29, 0.717) is 24.8 Å². The van der Waals surface area contributed by atoms with E-state index in [1.165, 1.54) is 0 Å². The van der Waals surface area contributed by atoms with Crippen molar-refractivity contribution < 1.29 is 18.8 Å². The van der Waals surface area contributed by atoms with Crippen molar-refractivity contribution in [2.24, 2.45) is 5.92 Å². The molecule has 0 N–H and O–H groups in total. The van der Waals surface area contributed by atoms with Crippen LogP contribution in [0.15, 0.2) is 34.9 Å². The Balaban J connectivity index is 1.54. The highest BCUT2D eigenvalue weighted by Gasteiger charge is 2.27. The molecule has 0 aliphatic carbocycles. The Bertz CT molecular complexity index is 681. The molecule has 128 valence electrons. The maximum atomic E-state index is 12.4. The molecular formula is C18H22N2O4.